The summed E-state index contributed by atoms with van der Waals surface area (Å²) in [7, 11) is 0. The number of hydrogen-bond acceptors (Lipinski definition) is 1. The molecule has 12 heavy (non-hydrogen) atoms. The van der Waals surface area contributed by atoms with Crippen molar-refractivity contribution in [1.29, 1.82) is 0 Å². The molecule has 0 aromatic heterocycles. The Hall–Kier alpha value is -0.480. The molecule has 1 N–H and O–H groups in total. The first-order valence-corrected chi connectivity index (χ1v) is 5.04. The predicted molar refractivity (Wildman–Crippen MR) is 52.9 cm³/mol. The quantitative estimate of drug-likeness (QED) is 0.499. The molecule has 1 aliphatic rings. The summed E-state index contributed by atoms with van der Waals surface area (Å²) in [5, 5.41) is 3.38. The van der Waals surface area contributed by atoms with Gasteiger partial charge in [0.05, 0.1) is 6.54 Å². The van der Waals surface area contributed by atoms with Crippen LogP contribution < -0.4 is 5.32 Å². The van der Waals surface area contributed by atoms with Crippen molar-refractivity contribution in [1.82, 2.24) is 5.32 Å². The lowest BCUT2D eigenvalue weighted by Crippen LogP contribution is -2.24. The lowest BCUT2D eigenvalue weighted by Gasteiger charge is -2.21. The summed E-state index contributed by atoms with van der Waals surface area (Å²) in [5.41, 5.74) is 0. The molecule has 1 rings (SSSR count). The van der Waals surface area contributed by atoms with Crippen LogP contribution in [0.2, 0.25) is 0 Å². The maximum atomic E-state index is 3.38. The normalized spacial score (nSPS) is 18.4. The van der Waals surface area contributed by atoms with Gasteiger partial charge in [-0.3, -0.25) is 0 Å². The lowest BCUT2D eigenvalue weighted by molar-refractivity contribution is 0.347. The molecule has 0 saturated heterocycles. The molecule has 68 valence electrons. The zero-order chi connectivity index (χ0) is 8.65. The Bertz CT molecular complexity index is 158. The summed E-state index contributed by atoms with van der Waals surface area (Å²) >= 11 is 0. The van der Waals surface area contributed by atoms with Crippen molar-refractivity contribution in [2.24, 2.45) is 5.92 Å². The highest BCUT2D eigenvalue weighted by molar-refractivity contribution is 4.97. The van der Waals surface area contributed by atoms with Crippen molar-refractivity contribution in [3.8, 4) is 11.8 Å². The van der Waals surface area contributed by atoms with E-state index in [1.165, 1.54) is 38.6 Å². The maximum absolute atomic E-state index is 3.38. The summed E-state index contributed by atoms with van der Waals surface area (Å²) in [6, 6.07) is 0. The van der Waals surface area contributed by atoms with E-state index in [0.29, 0.717) is 0 Å². The molecule has 1 fully saturated rings. The summed E-state index contributed by atoms with van der Waals surface area (Å²) in [6.45, 7) is 3.93. The van der Waals surface area contributed by atoms with E-state index in [9.17, 15) is 0 Å². The van der Waals surface area contributed by atoms with Gasteiger partial charge in [0, 0.05) is 0 Å². The highest BCUT2D eigenvalue weighted by Crippen LogP contribution is 2.22. The van der Waals surface area contributed by atoms with Gasteiger partial charge in [0.1, 0.15) is 0 Å². The van der Waals surface area contributed by atoms with E-state index in [2.05, 4.69) is 17.2 Å². The second-order valence-electron chi connectivity index (χ2n) is 3.56. The Kier molecular flexibility index (Phi) is 4.87. The third-order valence-electron chi connectivity index (χ3n) is 2.55. The Labute approximate surface area is 75.9 Å². The number of nitrogens with one attached hydrogen (secondary N) is 1. The van der Waals surface area contributed by atoms with Crippen LogP contribution >= 0.6 is 0 Å². The van der Waals surface area contributed by atoms with E-state index in [1.54, 1.807) is 0 Å². The molecule has 0 bridgehead atoms. The number of hydrogen-bond donors (Lipinski definition) is 1. The zero-order valence-electron chi connectivity index (χ0n) is 8.03. The Balaban J connectivity index is 2.00. The topological polar surface area (TPSA) is 12.0 Å². The van der Waals surface area contributed by atoms with Crippen LogP contribution in [0.5, 0.6) is 0 Å². The smallest absolute Gasteiger partial charge is 0.0576 e. The van der Waals surface area contributed by atoms with Crippen molar-refractivity contribution in [3.63, 3.8) is 0 Å². The summed E-state index contributed by atoms with van der Waals surface area (Å²) in [5.74, 6) is 6.85. The molecule has 0 aliphatic heterocycles. The Morgan fingerprint density at radius 2 is 2.00 bits per heavy atom. The highest BCUT2D eigenvalue weighted by Gasteiger charge is 2.11. The summed E-state index contributed by atoms with van der Waals surface area (Å²) in [4.78, 5) is 0. The fourth-order valence-electron chi connectivity index (χ4n) is 1.82. The average molecular weight is 165 g/mol. The van der Waals surface area contributed by atoms with Crippen LogP contribution in [0.4, 0.5) is 0 Å². The van der Waals surface area contributed by atoms with Gasteiger partial charge in [0.15, 0.2) is 0 Å². The molecule has 0 atom stereocenters. The summed E-state index contributed by atoms with van der Waals surface area (Å²) < 4.78 is 0. The minimum absolute atomic E-state index is 0.868. The molecule has 1 saturated carbocycles. The van der Waals surface area contributed by atoms with Gasteiger partial charge < -0.3 is 5.32 Å². The molecular weight excluding hydrogens is 146 g/mol. The van der Waals surface area contributed by atoms with E-state index >= 15 is 0 Å². The first kappa shape index (κ1) is 9.61. The van der Waals surface area contributed by atoms with Crippen LogP contribution in [0.1, 0.15) is 39.0 Å². The van der Waals surface area contributed by atoms with E-state index in [-0.39, 0.29) is 0 Å². The van der Waals surface area contributed by atoms with Gasteiger partial charge in [-0.25, -0.2) is 0 Å². The van der Waals surface area contributed by atoms with Crippen LogP contribution in [-0.2, 0) is 0 Å². The van der Waals surface area contributed by atoms with Gasteiger partial charge in [0.25, 0.3) is 0 Å². The second-order valence-corrected chi connectivity index (χ2v) is 3.56. The molecule has 0 unspecified atom stereocenters. The number of rotatable bonds is 3. The van der Waals surface area contributed by atoms with Crippen LogP contribution in [0, 0.1) is 17.8 Å². The minimum Gasteiger partial charge on any atom is -0.306 e. The second kappa shape index (κ2) is 6.08. The van der Waals surface area contributed by atoms with Crippen LogP contribution in [0.3, 0.4) is 0 Å². The van der Waals surface area contributed by atoms with Crippen LogP contribution in [0.25, 0.3) is 0 Å². The fraction of sp³-hybridized carbons (Fsp3) is 0.818. The SMILES string of the molecule is CC#CCNCC1CCCCC1. The molecule has 0 heterocycles. The first-order valence-electron chi connectivity index (χ1n) is 5.04. The van der Waals surface area contributed by atoms with Crippen LogP contribution in [-0.4, -0.2) is 13.1 Å². The molecule has 0 aromatic rings. The molecule has 1 heteroatoms. The third-order valence-corrected chi connectivity index (χ3v) is 2.55. The molecule has 1 aliphatic carbocycles. The Morgan fingerprint density at radius 1 is 1.25 bits per heavy atom. The first-order chi connectivity index (χ1) is 5.93. The maximum Gasteiger partial charge on any atom is 0.0576 e. The van der Waals surface area contributed by atoms with Gasteiger partial charge in [-0.15, -0.1) is 5.92 Å². The molecular formula is C11H19N. The highest BCUT2D eigenvalue weighted by atomic mass is 14.8. The lowest BCUT2D eigenvalue weighted by atomic mass is 9.89. The molecule has 1 nitrogen and oxygen atoms in total. The standard InChI is InChI=1S/C11H19N/c1-2-3-9-12-10-11-7-5-4-6-8-11/h11-12H,4-10H2,1H3. The molecule has 0 radical (unpaired) electrons. The van der Waals surface area contributed by atoms with Gasteiger partial charge >= 0.3 is 0 Å². The minimum atomic E-state index is 0.868. The van der Waals surface area contributed by atoms with Crippen LogP contribution in [0.15, 0.2) is 0 Å². The van der Waals surface area contributed by atoms with Crippen molar-refractivity contribution in [3.05, 3.63) is 0 Å². The molecule has 0 spiro atoms. The van der Waals surface area contributed by atoms with E-state index in [4.69, 9.17) is 0 Å². The third kappa shape index (κ3) is 3.78. The average Bonchev–Trinajstić information content (AvgIpc) is 2.14. The molecule has 0 amide bonds. The van der Waals surface area contributed by atoms with Gasteiger partial charge in [0.2, 0.25) is 0 Å². The van der Waals surface area contributed by atoms with Crippen molar-refractivity contribution in [2.75, 3.05) is 13.1 Å². The zero-order valence-corrected chi connectivity index (χ0v) is 8.03. The van der Waals surface area contributed by atoms with E-state index in [1.807, 2.05) is 6.92 Å². The van der Waals surface area contributed by atoms with Gasteiger partial charge in [-0.1, -0.05) is 25.2 Å². The van der Waals surface area contributed by atoms with E-state index < -0.39 is 0 Å². The van der Waals surface area contributed by atoms with Gasteiger partial charge in [-0.05, 0) is 32.2 Å². The largest absolute Gasteiger partial charge is 0.306 e. The van der Waals surface area contributed by atoms with E-state index in [0.717, 1.165) is 12.5 Å². The van der Waals surface area contributed by atoms with Gasteiger partial charge in [-0.2, -0.15) is 0 Å². The van der Waals surface area contributed by atoms with Crippen molar-refractivity contribution >= 4 is 0 Å². The monoisotopic (exact) mass is 165 g/mol. The van der Waals surface area contributed by atoms with Crippen molar-refractivity contribution in [2.45, 2.75) is 39.0 Å². The molecule has 0 aromatic carbocycles. The predicted octanol–water partition coefficient (Wildman–Crippen LogP) is 2.18. The fourth-order valence-corrected chi connectivity index (χ4v) is 1.82. The summed E-state index contributed by atoms with van der Waals surface area (Å²) in [6.07, 6.45) is 7.17. The Morgan fingerprint density at radius 3 is 2.67 bits per heavy atom. The van der Waals surface area contributed by atoms with Crippen molar-refractivity contribution < 1.29 is 0 Å².